The van der Waals surface area contributed by atoms with Crippen LogP contribution >= 0.6 is 0 Å². The topological polar surface area (TPSA) is 99.4 Å². The molecule has 0 spiro atoms. The lowest BCUT2D eigenvalue weighted by Crippen LogP contribution is -2.59. The molecule has 1 heterocycles. The Hall–Kier alpha value is -0.500. The summed E-state index contributed by atoms with van der Waals surface area (Å²) < 4.78 is 12.1. The smallest absolute Gasteiger partial charge is 0.161 e. The minimum atomic E-state index is -0.941. The lowest BCUT2D eigenvalue weighted by atomic mass is 9.46. The summed E-state index contributed by atoms with van der Waals surface area (Å²) in [5.74, 6) is 1.64. The molecule has 4 fully saturated rings. The van der Waals surface area contributed by atoms with Gasteiger partial charge in [-0.15, -0.1) is 0 Å². The second-order valence-electron chi connectivity index (χ2n) is 12.4. The highest BCUT2D eigenvalue weighted by atomic mass is 16.7. The molecule has 0 unspecified atom stereocenters. The second-order valence-corrected chi connectivity index (χ2v) is 12.4. The number of aliphatic hydroxyl groups is 4. The Balaban J connectivity index is 1.34. The average molecular weight is 465 g/mol. The van der Waals surface area contributed by atoms with Gasteiger partial charge in [-0.25, -0.2) is 0 Å². The standard InChI is InChI=1S/C27H44O6/c1-15-24(30)22(29)14-23(32-15)33-16(2)27(31)12-9-21-19-6-5-17-13-18(28)7-10-25(17,3)20(19)8-11-26(21,27)4/h5,15-16,18-24,28-31H,6-14H2,1-4H3/t15-,16-,18-,19+,20-,21-,22-,23+,24+,25-,26-,27-/m0/s1. The van der Waals surface area contributed by atoms with Gasteiger partial charge in [0.2, 0.25) is 0 Å². The highest BCUT2D eigenvalue weighted by Gasteiger charge is 2.65. The molecule has 0 aromatic carbocycles. The lowest BCUT2D eigenvalue weighted by molar-refractivity contribution is -0.288. The normalized spacial score (nSPS) is 55.2. The first-order chi connectivity index (χ1) is 15.5. The van der Waals surface area contributed by atoms with Crippen LogP contribution < -0.4 is 0 Å². The predicted octanol–water partition coefficient (Wildman–Crippen LogP) is 3.30. The molecule has 33 heavy (non-hydrogen) atoms. The van der Waals surface area contributed by atoms with Crippen molar-refractivity contribution >= 4 is 0 Å². The number of ether oxygens (including phenoxy) is 2. The predicted molar refractivity (Wildman–Crippen MR) is 124 cm³/mol. The van der Waals surface area contributed by atoms with E-state index in [4.69, 9.17) is 9.47 Å². The highest BCUT2D eigenvalue weighted by Crippen LogP contribution is 2.67. The van der Waals surface area contributed by atoms with Crippen LogP contribution in [-0.2, 0) is 9.47 Å². The zero-order valence-corrected chi connectivity index (χ0v) is 20.7. The molecule has 0 bridgehead atoms. The van der Waals surface area contributed by atoms with Crippen LogP contribution in [0.25, 0.3) is 0 Å². The Kier molecular flexibility index (Phi) is 6.07. The van der Waals surface area contributed by atoms with E-state index in [2.05, 4.69) is 19.9 Å². The maximum atomic E-state index is 12.1. The van der Waals surface area contributed by atoms with Crippen LogP contribution in [0.5, 0.6) is 0 Å². The number of hydrogen-bond donors (Lipinski definition) is 4. The Labute approximate surface area is 198 Å². The summed E-state index contributed by atoms with van der Waals surface area (Å²) in [5, 5.41) is 42.5. The first-order valence-corrected chi connectivity index (χ1v) is 13.3. The third-order valence-corrected chi connectivity index (χ3v) is 11.0. The molecule has 0 amide bonds. The van der Waals surface area contributed by atoms with Crippen molar-refractivity contribution in [2.24, 2.45) is 28.6 Å². The molecule has 6 nitrogen and oxygen atoms in total. The zero-order valence-electron chi connectivity index (χ0n) is 20.7. The number of aliphatic hydroxyl groups excluding tert-OH is 3. The molecule has 188 valence electrons. The van der Waals surface area contributed by atoms with Crippen LogP contribution in [0.15, 0.2) is 11.6 Å². The van der Waals surface area contributed by atoms with Gasteiger partial charge >= 0.3 is 0 Å². The van der Waals surface area contributed by atoms with Crippen molar-refractivity contribution in [2.75, 3.05) is 0 Å². The summed E-state index contributed by atoms with van der Waals surface area (Å²) in [4.78, 5) is 0. The molecule has 0 aromatic rings. The van der Waals surface area contributed by atoms with Gasteiger partial charge in [0.15, 0.2) is 6.29 Å². The molecule has 4 N–H and O–H groups in total. The van der Waals surface area contributed by atoms with Crippen molar-refractivity contribution in [3.63, 3.8) is 0 Å². The number of fused-ring (bicyclic) bond motifs is 5. The molecule has 4 aliphatic carbocycles. The van der Waals surface area contributed by atoms with Gasteiger partial charge < -0.3 is 29.9 Å². The van der Waals surface area contributed by atoms with Gasteiger partial charge in [0.05, 0.1) is 30.0 Å². The summed E-state index contributed by atoms with van der Waals surface area (Å²) in [7, 11) is 0. The minimum absolute atomic E-state index is 0.186. The van der Waals surface area contributed by atoms with E-state index in [0.717, 1.165) is 51.4 Å². The largest absolute Gasteiger partial charge is 0.393 e. The van der Waals surface area contributed by atoms with Gasteiger partial charge in [-0.1, -0.05) is 25.5 Å². The van der Waals surface area contributed by atoms with E-state index in [1.165, 1.54) is 5.57 Å². The molecule has 0 radical (unpaired) electrons. The Bertz CT molecular complexity index is 773. The summed E-state index contributed by atoms with van der Waals surface area (Å²) in [5.41, 5.74) is 0.501. The van der Waals surface area contributed by atoms with E-state index in [9.17, 15) is 20.4 Å². The molecule has 5 rings (SSSR count). The molecule has 3 saturated carbocycles. The Morgan fingerprint density at radius 2 is 1.79 bits per heavy atom. The van der Waals surface area contributed by atoms with Crippen LogP contribution in [0.1, 0.15) is 85.5 Å². The Morgan fingerprint density at radius 1 is 1.06 bits per heavy atom. The van der Waals surface area contributed by atoms with Gasteiger partial charge in [0, 0.05) is 11.8 Å². The maximum absolute atomic E-state index is 12.1. The SMILES string of the molecule is C[C@@H]1O[C@H](O[C@@H](C)[C@@]2(O)CC[C@H]3[C@@H]4CC=C5C[C@@H](O)CC[C@]5(C)[C@H]4CC[C@@]32C)C[C@H](O)[C@@H]1O. The van der Waals surface area contributed by atoms with Gasteiger partial charge in [0.1, 0.15) is 6.10 Å². The van der Waals surface area contributed by atoms with Crippen molar-refractivity contribution < 1.29 is 29.9 Å². The van der Waals surface area contributed by atoms with Gasteiger partial charge in [-0.2, -0.15) is 0 Å². The van der Waals surface area contributed by atoms with E-state index in [0.29, 0.717) is 17.8 Å². The number of allylic oxidation sites excluding steroid dienone is 1. The van der Waals surface area contributed by atoms with Crippen LogP contribution in [0.3, 0.4) is 0 Å². The van der Waals surface area contributed by atoms with Crippen molar-refractivity contribution in [1.82, 2.24) is 0 Å². The summed E-state index contributed by atoms with van der Waals surface area (Å²) in [6.45, 7) is 8.40. The lowest BCUT2D eigenvalue weighted by Gasteiger charge is -2.59. The minimum Gasteiger partial charge on any atom is -0.393 e. The first-order valence-electron chi connectivity index (χ1n) is 13.3. The third kappa shape index (κ3) is 3.58. The van der Waals surface area contributed by atoms with Crippen molar-refractivity contribution in [3.8, 4) is 0 Å². The van der Waals surface area contributed by atoms with Gasteiger partial charge in [0.25, 0.3) is 0 Å². The molecule has 5 aliphatic rings. The molecular formula is C27H44O6. The quantitative estimate of drug-likeness (QED) is 0.479. The van der Waals surface area contributed by atoms with Crippen LogP contribution in [-0.4, -0.2) is 62.8 Å². The van der Waals surface area contributed by atoms with E-state index >= 15 is 0 Å². The zero-order chi connectivity index (χ0) is 23.8. The maximum Gasteiger partial charge on any atom is 0.161 e. The molecule has 12 atom stereocenters. The molecule has 0 aromatic heterocycles. The van der Waals surface area contributed by atoms with E-state index in [1.807, 2.05) is 6.92 Å². The number of hydrogen-bond acceptors (Lipinski definition) is 6. The number of rotatable bonds is 3. The molecule has 1 aliphatic heterocycles. The second kappa shape index (κ2) is 8.28. The summed E-state index contributed by atoms with van der Waals surface area (Å²) >= 11 is 0. The van der Waals surface area contributed by atoms with Crippen LogP contribution in [0.2, 0.25) is 0 Å². The molecule has 6 heteroatoms. The van der Waals surface area contributed by atoms with Gasteiger partial charge in [-0.05, 0) is 88.4 Å². The fourth-order valence-corrected chi connectivity index (χ4v) is 8.81. The van der Waals surface area contributed by atoms with Crippen molar-refractivity contribution in [3.05, 3.63) is 11.6 Å². The van der Waals surface area contributed by atoms with Gasteiger partial charge in [-0.3, -0.25) is 0 Å². The molecular weight excluding hydrogens is 420 g/mol. The molecule has 1 saturated heterocycles. The fourth-order valence-electron chi connectivity index (χ4n) is 8.81. The summed E-state index contributed by atoms with van der Waals surface area (Å²) in [6.07, 6.45) is 6.81. The Morgan fingerprint density at radius 3 is 2.52 bits per heavy atom. The monoisotopic (exact) mass is 464 g/mol. The first kappa shape index (κ1) is 24.2. The summed E-state index contributed by atoms with van der Waals surface area (Å²) in [6, 6.07) is 0. The van der Waals surface area contributed by atoms with Crippen LogP contribution in [0, 0.1) is 28.6 Å². The fraction of sp³-hybridized carbons (Fsp3) is 0.926. The average Bonchev–Trinajstić information content (AvgIpc) is 3.04. The van der Waals surface area contributed by atoms with Crippen LogP contribution in [0.4, 0.5) is 0 Å². The van der Waals surface area contributed by atoms with E-state index < -0.39 is 36.3 Å². The van der Waals surface area contributed by atoms with E-state index in [-0.39, 0.29) is 23.4 Å². The van der Waals surface area contributed by atoms with Crippen molar-refractivity contribution in [1.29, 1.82) is 0 Å². The van der Waals surface area contributed by atoms with E-state index in [1.54, 1.807) is 6.92 Å². The van der Waals surface area contributed by atoms with Crippen molar-refractivity contribution in [2.45, 2.75) is 128 Å². The highest BCUT2D eigenvalue weighted by molar-refractivity contribution is 5.26. The third-order valence-electron chi connectivity index (χ3n) is 11.0.